The Balaban J connectivity index is 1.62. The molecule has 2 atom stereocenters. The number of carbonyl (C=O) groups is 2. The van der Waals surface area contributed by atoms with Gasteiger partial charge in [-0.1, -0.05) is 29.8 Å². The van der Waals surface area contributed by atoms with E-state index in [9.17, 15) is 9.59 Å². The molecular weight excluding hydrogens is 332 g/mol. The van der Waals surface area contributed by atoms with Gasteiger partial charge in [-0.15, -0.1) is 0 Å². The number of hydroxylamine groups is 1. The van der Waals surface area contributed by atoms with Crippen LogP contribution in [-0.2, 0) is 20.8 Å². The van der Waals surface area contributed by atoms with E-state index in [1.165, 1.54) is 0 Å². The van der Waals surface area contributed by atoms with Gasteiger partial charge in [-0.3, -0.25) is 4.79 Å². The molecule has 2 N–H and O–H groups in total. The Morgan fingerprint density at radius 1 is 1.15 bits per heavy atom. The molecule has 1 saturated carbocycles. The van der Waals surface area contributed by atoms with Gasteiger partial charge in [-0.25, -0.2) is 4.79 Å². The van der Waals surface area contributed by atoms with Crippen LogP contribution in [0.3, 0.4) is 0 Å². The Kier molecular flexibility index (Phi) is 7.03. The van der Waals surface area contributed by atoms with Gasteiger partial charge in [0.05, 0.1) is 6.42 Å². The SMILES string of the molecule is Cc1ccc(CC(=O)ONC[C@H]2CC[C@H](NC(=O)OC(C)(C)C)C2)cc1. The Labute approximate surface area is 155 Å². The van der Waals surface area contributed by atoms with Gasteiger partial charge in [0.1, 0.15) is 5.60 Å². The predicted octanol–water partition coefficient (Wildman–Crippen LogP) is 3.28. The number of benzene rings is 1. The van der Waals surface area contributed by atoms with Crippen molar-refractivity contribution < 1.29 is 19.2 Å². The van der Waals surface area contributed by atoms with Crippen molar-refractivity contribution in [1.29, 1.82) is 0 Å². The number of hydrogen-bond donors (Lipinski definition) is 2. The lowest BCUT2D eigenvalue weighted by Crippen LogP contribution is -2.38. The Morgan fingerprint density at radius 3 is 2.50 bits per heavy atom. The molecule has 26 heavy (non-hydrogen) atoms. The highest BCUT2D eigenvalue weighted by Crippen LogP contribution is 2.25. The molecule has 0 spiro atoms. The normalized spacial score (nSPS) is 19.8. The fraction of sp³-hybridized carbons (Fsp3) is 0.600. The summed E-state index contributed by atoms with van der Waals surface area (Å²) in [5.41, 5.74) is 4.38. The highest BCUT2D eigenvalue weighted by atomic mass is 16.7. The van der Waals surface area contributed by atoms with E-state index in [0.717, 1.165) is 30.4 Å². The molecule has 1 fully saturated rings. The van der Waals surface area contributed by atoms with Gasteiger partial charge in [0.25, 0.3) is 0 Å². The van der Waals surface area contributed by atoms with Crippen LogP contribution in [0.25, 0.3) is 0 Å². The topological polar surface area (TPSA) is 76.7 Å². The van der Waals surface area contributed by atoms with Crippen molar-refractivity contribution >= 4 is 12.1 Å². The number of amides is 1. The van der Waals surface area contributed by atoms with Crippen molar-refractivity contribution in [1.82, 2.24) is 10.8 Å². The molecule has 1 aliphatic carbocycles. The maximum absolute atomic E-state index is 11.9. The van der Waals surface area contributed by atoms with Crippen LogP contribution in [0.15, 0.2) is 24.3 Å². The third-order valence-electron chi connectivity index (χ3n) is 4.29. The van der Waals surface area contributed by atoms with Crippen molar-refractivity contribution in [2.24, 2.45) is 5.92 Å². The Bertz CT molecular complexity index is 607. The smallest absolute Gasteiger partial charge is 0.407 e. The summed E-state index contributed by atoms with van der Waals surface area (Å²) in [4.78, 5) is 28.8. The van der Waals surface area contributed by atoms with Crippen LogP contribution in [0.2, 0.25) is 0 Å². The third-order valence-corrected chi connectivity index (χ3v) is 4.29. The van der Waals surface area contributed by atoms with Crippen LogP contribution in [0.1, 0.15) is 51.2 Å². The fourth-order valence-corrected chi connectivity index (χ4v) is 3.01. The first kappa shape index (κ1) is 20.2. The molecule has 0 aromatic heterocycles. The first-order valence-electron chi connectivity index (χ1n) is 9.19. The average Bonchev–Trinajstić information content (AvgIpc) is 2.95. The van der Waals surface area contributed by atoms with Crippen molar-refractivity contribution in [3.63, 3.8) is 0 Å². The van der Waals surface area contributed by atoms with Gasteiger partial charge < -0.3 is 14.9 Å². The molecule has 0 aliphatic heterocycles. The zero-order valence-corrected chi connectivity index (χ0v) is 16.1. The molecule has 1 aliphatic rings. The van der Waals surface area contributed by atoms with E-state index in [1.54, 1.807) is 0 Å². The number of ether oxygens (including phenoxy) is 1. The van der Waals surface area contributed by atoms with Crippen molar-refractivity contribution in [2.75, 3.05) is 6.54 Å². The van der Waals surface area contributed by atoms with Crippen LogP contribution >= 0.6 is 0 Å². The van der Waals surface area contributed by atoms with E-state index in [2.05, 4.69) is 10.8 Å². The lowest BCUT2D eigenvalue weighted by molar-refractivity contribution is -0.150. The summed E-state index contributed by atoms with van der Waals surface area (Å²) in [5.74, 6) is 0.0670. The molecule has 144 valence electrons. The first-order chi connectivity index (χ1) is 12.2. The number of alkyl carbamates (subject to hydrolysis) is 1. The summed E-state index contributed by atoms with van der Waals surface area (Å²) >= 11 is 0. The predicted molar refractivity (Wildman–Crippen MR) is 99.5 cm³/mol. The van der Waals surface area contributed by atoms with Crippen molar-refractivity contribution in [2.45, 2.75) is 65.0 Å². The molecule has 6 nitrogen and oxygen atoms in total. The standard InChI is InChI=1S/C20H30N2O4/c1-14-5-7-15(8-6-14)12-18(23)26-21-13-16-9-10-17(11-16)22-19(24)25-20(2,3)4/h5-8,16-17,21H,9-13H2,1-4H3,(H,22,24)/t16-,17-/m0/s1. The number of nitrogens with one attached hydrogen (secondary N) is 2. The molecule has 2 rings (SSSR count). The lowest BCUT2D eigenvalue weighted by atomic mass is 10.1. The van der Waals surface area contributed by atoms with Crippen LogP contribution in [-0.4, -0.2) is 30.3 Å². The van der Waals surface area contributed by atoms with Crippen molar-refractivity contribution in [3.05, 3.63) is 35.4 Å². The highest BCUT2D eigenvalue weighted by Gasteiger charge is 2.27. The van der Waals surface area contributed by atoms with Crippen molar-refractivity contribution in [3.8, 4) is 0 Å². The van der Waals surface area contributed by atoms with E-state index < -0.39 is 5.60 Å². The average molecular weight is 362 g/mol. The summed E-state index contributed by atoms with van der Waals surface area (Å²) in [5, 5.41) is 2.91. The first-order valence-corrected chi connectivity index (χ1v) is 9.19. The quantitative estimate of drug-likeness (QED) is 0.760. The zero-order chi connectivity index (χ0) is 19.2. The maximum Gasteiger partial charge on any atom is 0.407 e. The summed E-state index contributed by atoms with van der Waals surface area (Å²) in [6.45, 7) is 8.14. The van der Waals surface area contributed by atoms with E-state index in [-0.39, 0.29) is 24.5 Å². The molecule has 0 radical (unpaired) electrons. The molecule has 0 bridgehead atoms. The molecule has 6 heteroatoms. The summed E-state index contributed by atoms with van der Waals surface area (Å²) < 4.78 is 5.28. The highest BCUT2D eigenvalue weighted by molar-refractivity contribution is 5.72. The van der Waals surface area contributed by atoms with E-state index in [1.807, 2.05) is 52.0 Å². The van der Waals surface area contributed by atoms with Gasteiger partial charge in [0.15, 0.2) is 0 Å². The molecule has 0 saturated heterocycles. The molecule has 1 aromatic carbocycles. The third kappa shape index (κ3) is 7.44. The largest absolute Gasteiger partial charge is 0.444 e. The van der Waals surface area contributed by atoms with E-state index in [4.69, 9.17) is 9.57 Å². The Hall–Kier alpha value is -2.08. The summed E-state index contributed by atoms with van der Waals surface area (Å²) in [7, 11) is 0. The second-order valence-electron chi connectivity index (χ2n) is 8.01. The van der Waals surface area contributed by atoms with Crippen LogP contribution < -0.4 is 10.8 Å². The zero-order valence-electron chi connectivity index (χ0n) is 16.1. The maximum atomic E-state index is 11.9. The number of aryl methyl sites for hydroxylation is 1. The van der Waals surface area contributed by atoms with E-state index >= 15 is 0 Å². The van der Waals surface area contributed by atoms with Gasteiger partial charge >= 0.3 is 12.1 Å². The minimum absolute atomic E-state index is 0.111. The van der Waals surface area contributed by atoms with Gasteiger partial charge in [0, 0.05) is 12.6 Å². The Morgan fingerprint density at radius 2 is 1.85 bits per heavy atom. The molecular formula is C20H30N2O4. The van der Waals surface area contributed by atoms with Crippen LogP contribution in [0.5, 0.6) is 0 Å². The van der Waals surface area contributed by atoms with E-state index in [0.29, 0.717) is 12.5 Å². The minimum atomic E-state index is -0.491. The fourth-order valence-electron chi connectivity index (χ4n) is 3.01. The van der Waals surface area contributed by atoms with Gasteiger partial charge in [-0.05, 0) is 58.4 Å². The molecule has 1 amide bonds. The van der Waals surface area contributed by atoms with Crippen LogP contribution in [0.4, 0.5) is 4.79 Å². The molecule has 0 unspecified atom stereocenters. The number of rotatable bonds is 6. The number of carbonyl (C=O) groups excluding carboxylic acids is 2. The second-order valence-corrected chi connectivity index (χ2v) is 8.01. The van der Waals surface area contributed by atoms with Gasteiger partial charge in [0.2, 0.25) is 0 Å². The molecule has 1 aromatic rings. The second kappa shape index (κ2) is 9.03. The summed E-state index contributed by atoms with van der Waals surface area (Å²) in [6, 6.07) is 7.93. The summed E-state index contributed by atoms with van der Waals surface area (Å²) in [6.07, 6.45) is 2.61. The minimum Gasteiger partial charge on any atom is -0.444 e. The lowest BCUT2D eigenvalue weighted by Gasteiger charge is -2.21. The molecule has 0 heterocycles. The monoisotopic (exact) mass is 362 g/mol. The van der Waals surface area contributed by atoms with Gasteiger partial charge in [-0.2, -0.15) is 5.48 Å². The number of hydrogen-bond acceptors (Lipinski definition) is 5. The van der Waals surface area contributed by atoms with Crippen LogP contribution in [0, 0.1) is 12.8 Å².